The molecule has 7 heteroatoms. The zero-order chi connectivity index (χ0) is 19.5. The molecular weight excluding hydrogens is 356 g/mol. The third-order valence-corrected chi connectivity index (χ3v) is 5.37. The molecule has 1 saturated heterocycles. The van der Waals surface area contributed by atoms with Crippen LogP contribution in [0.4, 0.5) is 11.5 Å². The molecule has 1 aliphatic heterocycles. The van der Waals surface area contributed by atoms with E-state index in [1.165, 1.54) is 0 Å². The predicted molar refractivity (Wildman–Crippen MR) is 106 cm³/mol. The average Bonchev–Trinajstić information content (AvgIpc) is 3.56. The van der Waals surface area contributed by atoms with Crippen molar-refractivity contribution in [1.29, 1.82) is 0 Å². The van der Waals surface area contributed by atoms with Gasteiger partial charge in [-0.2, -0.15) is 0 Å². The van der Waals surface area contributed by atoms with E-state index in [0.29, 0.717) is 25.2 Å². The van der Waals surface area contributed by atoms with Gasteiger partial charge in [0.25, 0.3) is 0 Å². The van der Waals surface area contributed by atoms with Gasteiger partial charge in [0.2, 0.25) is 11.8 Å². The highest BCUT2D eigenvalue weighted by Gasteiger charge is 2.49. The summed E-state index contributed by atoms with van der Waals surface area (Å²) in [6.45, 7) is 2.85. The summed E-state index contributed by atoms with van der Waals surface area (Å²) in [5, 5.41) is 2.89. The Morgan fingerprint density at radius 1 is 1.04 bits per heavy atom. The zero-order valence-electron chi connectivity index (χ0n) is 15.9. The molecule has 1 saturated carbocycles. The van der Waals surface area contributed by atoms with Crippen molar-refractivity contribution in [3.05, 3.63) is 48.7 Å². The SMILES string of the molecule is COc1ccc(NC(=O)C2CC2C(=O)N2CCN(c3ccccn3)CC2)cc1. The van der Waals surface area contributed by atoms with Crippen molar-refractivity contribution < 1.29 is 14.3 Å². The fraction of sp³-hybridized carbons (Fsp3) is 0.381. The topological polar surface area (TPSA) is 74.8 Å². The largest absolute Gasteiger partial charge is 0.497 e. The number of amides is 2. The number of nitrogens with one attached hydrogen (secondary N) is 1. The lowest BCUT2D eigenvalue weighted by atomic mass is 10.2. The number of carbonyl (C=O) groups excluding carboxylic acids is 2. The van der Waals surface area contributed by atoms with Gasteiger partial charge in [0, 0.05) is 38.1 Å². The van der Waals surface area contributed by atoms with Crippen LogP contribution in [0.5, 0.6) is 5.75 Å². The van der Waals surface area contributed by atoms with E-state index in [2.05, 4.69) is 15.2 Å². The number of methoxy groups -OCH3 is 1. The summed E-state index contributed by atoms with van der Waals surface area (Å²) in [7, 11) is 1.60. The number of aromatic nitrogens is 1. The van der Waals surface area contributed by atoms with Crippen LogP contribution in [0.1, 0.15) is 6.42 Å². The van der Waals surface area contributed by atoms with Crippen LogP contribution in [0.3, 0.4) is 0 Å². The van der Waals surface area contributed by atoms with Gasteiger partial charge >= 0.3 is 0 Å². The minimum Gasteiger partial charge on any atom is -0.497 e. The van der Waals surface area contributed by atoms with Crippen LogP contribution < -0.4 is 15.0 Å². The molecule has 1 aromatic heterocycles. The van der Waals surface area contributed by atoms with Crippen LogP contribution >= 0.6 is 0 Å². The van der Waals surface area contributed by atoms with Gasteiger partial charge in [0.15, 0.2) is 0 Å². The Balaban J connectivity index is 1.27. The summed E-state index contributed by atoms with van der Waals surface area (Å²) in [5.74, 6) is 1.26. The summed E-state index contributed by atoms with van der Waals surface area (Å²) < 4.78 is 5.12. The molecule has 1 aliphatic carbocycles. The zero-order valence-corrected chi connectivity index (χ0v) is 15.9. The van der Waals surface area contributed by atoms with Crippen LogP contribution in [0.2, 0.25) is 0 Å². The third-order valence-electron chi connectivity index (χ3n) is 5.37. The summed E-state index contributed by atoms with van der Waals surface area (Å²) in [6, 6.07) is 13.0. The fourth-order valence-corrected chi connectivity index (χ4v) is 3.60. The molecule has 146 valence electrons. The Morgan fingerprint density at radius 2 is 1.79 bits per heavy atom. The lowest BCUT2D eigenvalue weighted by Gasteiger charge is -2.35. The van der Waals surface area contributed by atoms with Gasteiger partial charge in [-0.15, -0.1) is 0 Å². The van der Waals surface area contributed by atoms with E-state index in [9.17, 15) is 9.59 Å². The molecule has 1 aromatic carbocycles. The van der Waals surface area contributed by atoms with E-state index in [1.54, 1.807) is 37.6 Å². The Bertz CT molecular complexity index is 832. The van der Waals surface area contributed by atoms with Crippen LogP contribution in [0.15, 0.2) is 48.7 Å². The molecule has 2 aromatic rings. The number of hydrogen-bond donors (Lipinski definition) is 1. The molecule has 4 rings (SSSR count). The fourth-order valence-electron chi connectivity index (χ4n) is 3.60. The number of piperazine rings is 1. The molecule has 2 unspecified atom stereocenters. The second kappa shape index (κ2) is 7.88. The maximum Gasteiger partial charge on any atom is 0.228 e. The monoisotopic (exact) mass is 380 g/mol. The number of anilines is 2. The molecule has 2 heterocycles. The normalized spacial score (nSPS) is 21.2. The van der Waals surface area contributed by atoms with Gasteiger partial charge in [-0.05, 0) is 42.8 Å². The first-order valence-corrected chi connectivity index (χ1v) is 9.55. The molecule has 0 spiro atoms. The summed E-state index contributed by atoms with van der Waals surface area (Å²) in [4.78, 5) is 33.6. The molecule has 2 fully saturated rings. The third kappa shape index (κ3) is 3.93. The van der Waals surface area contributed by atoms with Crippen LogP contribution in [0.25, 0.3) is 0 Å². The van der Waals surface area contributed by atoms with Gasteiger partial charge in [-0.1, -0.05) is 6.07 Å². The van der Waals surface area contributed by atoms with E-state index in [1.807, 2.05) is 23.1 Å². The van der Waals surface area contributed by atoms with Crippen molar-refractivity contribution in [3.8, 4) is 5.75 Å². The minimum absolute atomic E-state index is 0.0874. The van der Waals surface area contributed by atoms with Gasteiger partial charge in [0.1, 0.15) is 11.6 Å². The van der Waals surface area contributed by atoms with Crippen LogP contribution in [0, 0.1) is 11.8 Å². The molecule has 2 amide bonds. The molecule has 1 N–H and O–H groups in total. The number of benzene rings is 1. The Kier molecular flexibility index (Phi) is 5.14. The quantitative estimate of drug-likeness (QED) is 0.859. The van der Waals surface area contributed by atoms with Crippen molar-refractivity contribution in [2.45, 2.75) is 6.42 Å². The molecule has 2 aliphatic rings. The first-order valence-electron chi connectivity index (χ1n) is 9.55. The van der Waals surface area contributed by atoms with E-state index in [-0.39, 0.29) is 23.7 Å². The summed E-state index contributed by atoms with van der Waals surface area (Å²) >= 11 is 0. The maximum absolute atomic E-state index is 12.7. The molecule has 0 radical (unpaired) electrons. The molecule has 7 nitrogen and oxygen atoms in total. The van der Waals surface area contributed by atoms with Crippen LogP contribution in [-0.4, -0.2) is 55.0 Å². The summed E-state index contributed by atoms with van der Waals surface area (Å²) in [6.07, 6.45) is 2.41. The van der Waals surface area contributed by atoms with Crippen molar-refractivity contribution in [2.24, 2.45) is 11.8 Å². The molecule has 2 atom stereocenters. The first-order chi connectivity index (χ1) is 13.7. The van der Waals surface area contributed by atoms with E-state index in [4.69, 9.17) is 4.74 Å². The Labute approximate surface area is 164 Å². The van der Waals surface area contributed by atoms with Gasteiger partial charge in [0.05, 0.1) is 18.9 Å². The highest BCUT2D eigenvalue weighted by Crippen LogP contribution is 2.41. The van der Waals surface area contributed by atoms with Crippen molar-refractivity contribution in [2.75, 3.05) is 43.5 Å². The number of hydrogen-bond acceptors (Lipinski definition) is 5. The highest BCUT2D eigenvalue weighted by atomic mass is 16.5. The second-order valence-electron chi connectivity index (χ2n) is 7.17. The lowest BCUT2D eigenvalue weighted by Crippen LogP contribution is -2.49. The van der Waals surface area contributed by atoms with Crippen molar-refractivity contribution in [1.82, 2.24) is 9.88 Å². The van der Waals surface area contributed by atoms with Crippen molar-refractivity contribution >= 4 is 23.3 Å². The molecular formula is C21H24N4O3. The molecule has 28 heavy (non-hydrogen) atoms. The van der Waals surface area contributed by atoms with Gasteiger partial charge in [-0.25, -0.2) is 4.98 Å². The number of nitrogens with zero attached hydrogens (tertiary/aromatic N) is 3. The minimum atomic E-state index is -0.233. The predicted octanol–water partition coefficient (Wildman–Crippen LogP) is 2.01. The lowest BCUT2D eigenvalue weighted by molar-refractivity contribution is -0.134. The number of rotatable bonds is 5. The van der Waals surface area contributed by atoms with E-state index >= 15 is 0 Å². The smallest absolute Gasteiger partial charge is 0.228 e. The van der Waals surface area contributed by atoms with Gasteiger partial charge in [-0.3, -0.25) is 9.59 Å². The van der Waals surface area contributed by atoms with E-state index in [0.717, 1.165) is 24.7 Å². The van der Waals surface area contributed by atoms with Gasteiger partial charge < -0.3 is 19.9 Å². The van der Waals surface area contributed by atoms with Crippen LogP contribution in [-0.2, 0) is 9.59 Å². The standard InChI is InChI=1S/C21H24N4O3/c1-28-16-7-5-15(6-8-16)23-20(26)17-14-18(17)21(27)25-12-10-24(11-13-25)19-4-2-3-9-22-19/h2-9,17-18H,10-14H2,1H3,(H,23,26). The Hall–Kier alpha value is -3.09. The number of carbonyl (C=O) groups is 2. The average molecular weight is 380 g/mol. The highest BCUT2D eigenvalue weighted by molar-refractivity contribution is 5.99. The number of ether oxygens (including phenoxy) is 1. The number of pyridine rings is 1. The van der Waals surface area contributed by atoms with Crippen molar-refractivity contribution in [3.63, 3.8) is 0 Å². The second-order valence-corrected chi connectivity index (χ2v) is 7.17. The molecule has 0 bridgehead atoms. The summed E-state index contributed by atoms with van der Waals surface area (Å²) in [5.41, 5.74) is 0.716. The maximum atomic E-state index is 12.7. The Morgan fingerprint density at radius 3 is 2.43 bits per heavy atom. The first kappa shape index (κ1) is 18.3. The van der Waals surface area contributed by atoms with E-state index < -0.39 is 0 Å².